The number of ether oxygens (including phenoxy) is 1. The van der Waals surface area contributed by atoms with Crippen LogP contribution in [0.15, 0.2) is 59.5 Å². The van der Waals surface area contributed by atoms with Crippen molar-refractivity contribution in [2.75, 3.05) is 13.2 Å². The van der Waals surface area contributed by atoms with Crippen molar-refractivity contribution in [2.45, 2.75) is 25.7 Å². The molecule has 2 heterocycles. The van der Waals surface area contributed by atoms with E-state index in [0.29, 0.717) is 15.6 Å². The molecule has 1 aliphatic heterocycles. The molecule has 33 heavy (non-hydrogen) atoms. The maximum Gasteiger partial charge on any atom is 0.327 e. The minimum Gasteiger partial charge on any atom is -0.456 e. The molecule has 3 aromatic rings. The highest BCUT2D eigenvalue weighted by molar-refractivity contribution is 7.90. The third-order valence-corrected chi connectivity index (χ3v) is 7.36. The molecule has 1 amide bonds. The summed E-state index contributed by atoms with van der Waals surface area (Å²) in [6.07, 6.45) is 0. The quantitative estimate of drug-likeness (QED) is 0.409. The number of benzene rings is 2. The van der Waals surface area contributed by atoms with Gasteiger partial charge in [-0.3, -0.25) is 14.4 Å². The van der Waals surface area contributed by atoms with Crippen molar-refractivity contribution in [1.82, 2.24) is 8.87 Å². The van der Waals surface area contributed by atoms with Gasteiger partial charge in [0.15, 0.2) is 6.61 Å². The summed E-state index contributed by atoms with van der Waals surface area (Å²) < 4.78 is 32.5. The molecule has 0 spiro atoms. The normalized spacial score (nSPS) is 14.3. The standard InChI is InChI=1S/C24H22N2O6S/c1-15-8-10-18(11-9-15)26-16(2)12-20(17(26)3)21(27)14-32-23(28)13-25-24(29)19-6-4-5-7-22(19)33(25,30)31/h4-12H,13-14H2,1-3H3. The molecule has 2 aromatic carbocycles. The lowest BCUT2D eigenvalue weighted by Gasteiger charge is -2.14. The zero-order valence-corrected chi connectivity index (χ0v) is 19.2. The van der Waals surface area contributed by atoms with Crippen molar-refractivity contribution in [1.29, 1.82) is 0 Å². The largest absolute Gasteiger partial charge is 0.456 e. The average molecular weight is 467 g/mol. The zero-order chi connectivity index (χ0) is 23.9. The van der Waals surface area contributed by atoms with Crippen LogP contribution >= 0.6 is 0 Å². The van der Waals surface area contributed by atoms with Crippen molar-refractivity contribution in [3.05, 3.63) is 82.7 Å². The van der Waals surface area contributed by atoms with Gasteiger partial charge >= 0.3 is 5.97 Å². The number of rotatable bonds is 6. The second kappa shape index (κ2) is 8.32. The molecule has 1 aliphatic rings. The van der Waals surface area contributed by atoms with Gasteiger partial charge in [-0.05, 0) is 51.1 Å². The fourth-order valence-corrected chi connectivity index (χ4v) is 5.42. The molecule has 4 rings (SSSR count). The Morgan fingerprint density at radius 1 is 0.970 bits per heavy atom. The number of hydrogen-bond acceptors (Lipinski definition) is 6. The Bertz CT molecular complexity index is 1390. The molecule has 0 saturated heterocycles. The van der Waals surface area contributed by atoms with Crippen LogP contribution < -0.4 is 0 Å². The lowest BCUT2D eigenvalue weighted by Crippen LogP contribution is -2.36. The summed E-state index contributed by atoms with van der Waals surface area (Å²) in [6, 6.07) is 15.3. The van der Waals surface area contributed by atoms with Crippen LogP contribution in [0.5, 0.6) is 0 Å². The van der Waals surface area contributed by atoms with Gasteiger partial charge in [-0.1, -0.05) is 29.8 Å². The Balaban J connectivity index is 1.45. The third kappa shape index (κ3) is 3.95. The van der Waals surface area contributed by atoms with Gasteiger partial charge in [0.2, 0.25) is 5.78 Å². The second-order valence-electron chi connectivity index (χ2n) is 7.85. The van der Waals surface area contributed by atoms with Gasteiger partial charge in [0.05, 0.1) is 5.56 Å². The van der Waals surface area contributed by atoms with Crippen molar-refractivity contribution in [2.24, 2.45) is 0 Å². The number of hydrogen-bond donors (Lipinski definition) is 0. The minimum absolute atomic E-state index is 0.00456. The molecule has 0 saturated carbocycles. The predicted octanol–water partition coefficient (Wildman–Crippen LogP) is 2.97. The maximum absolute atomic E-state index is 12.7. The number of ketones is 1. The van der Waals surface area contributed by atoms with Crippen molar-refractivity contribution in [3.8, 4) is 5.69 Å². The number of carbonyl (C=O) groups is 3. The predicted molar refractivity (Wildman–Crippen MR) is 120 cm³/mol. The van der Waals surface area contributed by atoms with Crippen LogP contribution in [0.25, 0.3) is 5.69 Å². The number of aromatic nitrogens is 1. The number of carbonyl (C=O) groups excluding carboxylic acids is 3. The molecule has 9 heteroatoms. The molecule has 0 fully saturated rings. The summed E-state index contributed by atoms with van der Waals surface area (Å²) in [5.74, 6) is -2.20. The molecule has 170 valence electrons. The van der Waals surface area contributed by atoms with Gasteiger partial charge in [0.1, 0.15) is 11.4 Å². The molecule has 0 bridgehead atoms. The first-order valence-corrected chi connectivity index (χ1v) is 11.7. The van der Waals surface area contributed by atoms with Crippen molar-refractivity contribution < 1.29 is 27.5 Å². The van der Waals surface area contributed by atoms with E-state index < -0.39 is 40.8 Å². The lowest BCUT2D eigenvalue weighted by molar-refractivity contribution is -0.142. The van der Waals surface area contributed by atoms with E-state index in [1.165, 1.54) is 18.2 Å². The zero-order valence-electron chi connectivity index (χ0n) is 18.4. The molecule has 0 N–H and O–H groups in total. The Morgan fingerprint density at radius 3 is 2.30 bits per heavy atom. The number of fused-ring (bicyclic) bond motifs is 1. The minimum atomic E-state index is -4.13. The van der Waals surface area contributed by atoms with Crippen molar-refractivity contribution in [3.63, 3.8) is 0 Å². The van der Waals surface area contributed by atoms with Crippen LogP contribution in [0.3, 0.4) is 0 Å². The SMILES string of the molecule is Cc1ccc(-n2c(C)cc(C(=O)COC(=O)CN3C(=O)c4ccccc4S3(=O)=O)c2C)cc1. The smallest absolute Gasteiger partial charge is 0.327 e. The summed E-state index contributed by atoms with van der Waals surface area (Å²) in [6.45, 7) is 4.30. The van der Waals surface area contributed by atoms with E-state index in [4.69, 9.17) is 4.74 Å². The van der Waals surface area contributed by atoms with E-state index in [0.717, 1.165) is 16.9 Å². The fourth-order valence-electron chi connectivity index (χ4n) is 3.91. The summed E-state index contributed by atoms with van der Waals surface area (Å²) in [5.41, 5.74) is 3.97. The topological polar surface area (TPSA) is 103 Å². The Morgan fingerprint density at radius 2 is 1.64 bits per heavy atom. The molecule has 0 radical (unpaired) electrons. The maximum atomic E-state index is 12.7. The van der Waals surface area contributed by atoms with Crippen molar-refractivity contribution >= 4 is 27.7 Å². The summed E-state index contributed by atoms with van der Waals surface area (Å²) >= 11 is 0. The van der Waals surface area contributed by atoms with Crippen LogP contribution in [0.2, 0.25) is 0 Å². The highest BCUT2D eigenvalue weighted by atomic mass is 32.2. The summed E-state index contributed by atoms with van der Waals surface area (Å²) in [5, 5.41) is 0. The molecule has 8 nitrogen and oxygen atoms in total. The van der Waals surface area contributed by atoms with E-state index in [9.17, 15) is 22.8 Å². The van der Waals surface area contributed by atoms with Gasteiger partial charge in [0.25, 0.3) is 15.9 Å². The van der Waals surface area contributed by atoms with Crippen LogP contribution in [0.1, 0.15) is 37.7 Å². The first-order valence-electron chi connectivity index (χ1n) is 10.2. The highest BCUT2D eigenvalue weighted by Crippen LogP contribution is 2.29. The van der Waals surface area contributed by atoms with Gasteiger partial charge < -0.3 is 9.30 Å². The van der Waals surface area contributed by atoms with Crippen LogP contribution in [0.4, 0.5) is 0 Å². The first-order chi connectivity index (χ1) is 15.6. The Labute approximate surface area is 191 Å². The number of Topliss-reactive ketones (excluding diaryl/α,β-unsaturated/α-hetero) is 1. The number of nitrogens with zero attached hydrogens (tertiary/aromatic N) is 2. The van der Waals surface area contributed by atoms with Gasteiger partial charge in [-0.25, -0.2) is 12.7 Å². The van der Waals surface area contributed by atoms with E-state index in [-0.39, 0.29) is 10.5 Å². The van der Waals surface area contributed by atoms with Crippen LogP contribution in [0, 0.1) is 20.8 Å². The number of aryl methyl sites for hydroxylation is 2. The second-order valence-corrected chi connectivity index (χ2v) is 9.68. The van der Waals surface area contributed by atoms with E-state index in [2.05, 4.69) is 0 Å². The third-order valence-electron chi connectivity index (χ3n) is 5.57. The van der Waals surface area contributed by atoms with E-state index in [1.807, 2.05) is 42.7 Å². The number of esters is 1. The van der Waals surface area contributed by atoms with Gasteiger partial charge in [-0.2, -0.15) is 0 Å². The molecule has 0 aliphatic carbocycles. The Hall–Kier alpha value is -3.72. The van der Waals surface area contributed by atoms with E-state index >= 15 is 0 Å². The fraction of sp³-hybridized carbons (Fsp3) is 0.208. The van der Waals surface area contributed by atoms with E-state index in [1.54, 1.807) is 19.1 Å². The van der Waals surface area contributed by atoms with Gasteiger partial charge in [0, 0.05) is 22.6 Å². The van der Waals surface area contributed by atoms with Crippen LogP contribution in [-0.4, -0.2) is 48.1 Å². The monoisotopic (exact) mass is 466 g/mol. The highest BCUT2D eigenvalue weighted by Gasteiger charge is 2.42. The molecule has 0 atom stereocenters. The average Bonchev–Trinajstić information content (AvgIpc) is 3.18. The summed E-state index contributed by atoms with van der Waals surface area (Å²) in [7, 11) is -4.13. The molecule has 1 aromatic heterocycles. The Kier molecular flexibility index (Phi) is 5.67. The molecular weight excluding hydrogens is 444 g/mol. The number of sulfonamides is 1. The lowest BCUT2D eigenvalue weighted by atomic mass is 10.1. The first kappa shape index (κ1) is 22.5. The molecular formula is C24H22N2O6S. The summed E-state index contributed by atoms with van der Waals surface area (Å²) in [4.78, 5) is 37.3. The molecule has 0 unspecified atom stereocenters. The number of amides is 1. The van der Waals surface area contributed by atoms with Gasteiger partial charge in [-0.15, -0.1) is 0 Å². The van der Waals surface area contributed by atoms with Crippen LogP contribution in [-0.2, 0) is 19.6 Å².